The summed E-state index contributed by atoms with van der Waals surface area (Å²) in [5, 5.41) is 3.43. The van der Waals surface area contributed by atoms with Crippen LogP contribution < -0.4 is 10.1 Å². The van der Waals surface area contributed by atoms with Gasteiger partial charge in [0.05, 0.1) is 7.11 Å². The molecule has 0 fully saturated rings. The number of rotatable bonds is 3. The van der Waals surface area contributed by atoms with Crippen molar-refractivity contribution in [1.29, 1.82) is 0 Å². The van der Waals surface area contributed by atoms with Gasteiger partial charge in [-0.15, -0.1) is 0 Å². The van der Waals surface area contributed by atoms with E-state index in [0.29, 0.717) is 0 Å². The predicted octanol–water partition coefficient (Wildman–Crippen LogP) is 4.72. The van der Waals surface area contributed by atoms with Crippen LogP contribution in [0.15, 0.2) is 12.1 Å². The molecule has 0 spiro atoms. The van der Waals surface area contributed by atoms with Gasteiger partial charge in [0.2, 0.25) is 0 Å². The smallest absolute Gasteiger partial charge is 0.126 e. The number of hydrogen-bond acceptors (Lipinski definition) is 2. The van der Waals surface area contributed by atoms with E-state index in [1.807, 2.05) is 0 Å². The Labute approximate surface area is 118 Å². The maximum Gasteiger partial charge on any atom is 0.126 e. The fourth-order valence-corrected chi connectivity index (χ4v) is 2.27. The van der Waals surface area contributed by atoms with E-state index in [0.717, 1.165) is 12.3 Å². The molecule has 1 aromatic rings. The van der Waals surface area contributed by atoms with Gasteiger partial charge >= 0.3 is 0 Å². The summed E-state index contributed by atoms with van der Waals surface area (Å²) in [6, 6.07) is 4.44. The lowest BCUT2D eigenvalue weighted by atomic mass is 9.79. The van der Waals surface area contributed by atoms with E-state index in [1.54, 1.807) is 7.11 Å². The average molecular weight is 263 g/mol. The zero-order valence-corrected chi connectivity index (χ0v) is 13.8. The minimum Gasteiger partial charge on any atom is -0.496 e. The van der Waals surface area contributed by atoms with Crippen LogP contribution >= 0.6 is 0 Å². The second kappa shape index (κ2) is 5.44. The van der Waals surface area contributed by atoms with Crippen molar-refractivity contribution < 1.29 is 4.74 Å². The van der Waals surface area contributed by atoms with E-state index >= 15 is 0 Å². The highest BCUT2D eigenvalue weighted by molar-refractivity contribution is 5.59. The Kier molecular flexibility index (Phi) is 4.54. The molecule has 108 valence electrons. The van der Waals surface area contributed by atoms with E-state index < -0.39 is 0 Å². The molecule has 1 aromatic carbocycles. The largest absolute Gasteiger partial charge is 0.496 e. The van der Waals surface area contributed by atoms with Crippen molar-refractivity contribution >= 4 is 5.69 Å². The van der Waals surface area contributed by atoms with Crippen LogP contribution in [0.25, 0.3) is 0 Å². The lowest BCUT2D eigenvalue weighted by Gasteiger charge is -2.30. The highest BCUT2D eigenvalue weighted by Crippen LogP contribution is 2.41. The maximum atomic E-state index is 5.73. The molecule has 2 heteroatoms. The number of ether oxygens (including phenoxy) is 1. The van der Waals surface area contributed by atoms with Crippen molar-refractivity contribution in [2.75, 3.05) is 19.0 Å². The lowest BCUT2D eigenvalue weighted by Crippen LogP contribution is -2.19. The summed E-state index contributed by atoms with van der Waals surface area (Å²) >= 11 is 0. The second-order valence-electron chi connectivity index (χ2n) is 7.13. The molecule has 2 nitrogen and oxygen atoms in total. The summed E-state index contributed by atoms with van der Waals surface area (Å²) in [6.45, 7) is 16.4. The van der Waals surface area contributed by atoms with Gasteiger partial charge in [-0.2, -0.15) is 0 Å². The molecule has 0 unspecified atom stereocenters. The van der Waals surface area contributed by atoms with Crippen molar-refractivity contribution in [1.82, 2.24) is 0 Å². The molecule has 0 amide bonds. The molecule has 1 rings (SSSR count). The Morgan fingerprint density at radius 1 is 0.947 bits per heavy atom. The molecule has 0 saturated heterocycles. The summed E-state index contributed by atoms with van der Waals surface area (Å²) in [6.07, 6.45) is 0. The van der Waals surface area contributed by atoms with E-state index in [4.69, 9.17) is 4.74 Å². The fourth-order valence-electron chi connectivity index (χ4n) is 2.27. The summed E-state index contributed by atoms with van der Waals surface area (Å²) in [5.41, 5.74) is 3.84. The van der Waals surface area contributed by atoms with Crippen LogP contribution in [0.5, 0.6) is 5.75 Å². The van der Waals surface area contributed by atoms with Gasteiger partial charge in [0.1, 0.15) is 5.75 Å². The van der Waals surface area contributed by atoms with Gasteiger partial charge in [0, 0.05) is 23.4 Å². The maximum absolute atomic E-state index is 5.73. The van der Waals surface area contributed by atoms with Gasteiger partial charge in [-0.25, -0.2) is 0 Å². The van der Waals surface area contributed by atoms with E-state index in [9.17, 15) is 0 Å². The third kappa shape index (κ3) is 3.65. The molecule has 0 heterocycles. The van der Waals surface area contributed by atoms with Gasteiger partial charge in [-0.3, -0.25) is 0 Å². The first-order valence-electron chi connectivity index (χ1n) is 7.08. The van der Waals surface area contributed by atoms with Gasteiger partial charge in [0.25, 0.3) is 0 Å². The molecule has 0 atom stereocenters. The Bertz CT molecular complexity index is 401. The van der Waals surface area contributed by atoms with E-state index in [-0.39, 0.29) is 10.8 Å². The molecule has 0 aromatic heterocycles. The number of benzene rings is 1. The standard InChI is InChI=1S/C17H29NO/c1-9-18-12-10-13(16(2,3)4)15(19-8)14(11-12)17(5,6)7/h10-11,18H,9H2,1-8H3. The summed E-state index contributed by atoms with van der Waals surface area (Å²) < 4.78 is 5.73. The molecular formula is C17H29NO. The minimum atomic E-state index is 0.0662. The monoisotopic (exact) mass is 263 g/mol. The van der Waals surface area contributed by atoms with E-state index in [1.165, 1.54) is 16.8 Å². The highest BCUT2D eigenvalue weighted by Gasteiger charge is 2.27. The van der Waals surface area contributed by atoms with Crippen molar-refractivity contribution in [3.8, 4) is 5.75 Å². The quantitative estimate of drug-likeness (QED) is 0.852. The Morgan fingerprint density at radius 3 is 1.63 bits per heavy atom. The number of hydrogen-bond donors (Lipinski definition) is 1. The molecule has 19 heavy (non-hydrogen) atoms. The molecule has 0 aliphatic rings. The summed E-state index contributed by atoms with van der Waals surface area (Å²) in [7, 11) is 1.77. The van der Waals surface area contributed by atoms with E-state index in [2.05, 4.69) is 65.9 Å². The first kappa shape index (κ1) is 15.9. The lowest BCUT2D eigenvalue weighted by molar-refractivity contribution is 0.381. The number of methoxy groups -OCH3 is 1. The first-order chi connectivity index (χ1) is 8.61. The zero-order chi connectivity index (χ0) is 14.8. The van der Waals surface area contributed by atoms with Crippen LogP contribution in [0.2, 0.25) is 0 Å². The molecule has 0 radical (unpaired) electrons. The minimum absolute atomic E-state index is 0.0662. The average Bonchev–Trinajstić information content (AvgIpc) is 2.26. The van der Waals surface area contributed by atoms with Crippen LogP contribution in [-0.2, 0) is 10.8 Å². The number of nitrogens with one attached hydrogen (secondary N) is 1. The Hall–Kier alpha value is -1.18. The van der Waals surface area contributed by atoms with Crippen LogP contribution in [0.3, 0.4) is 0 Å². The van der Waals surface area contributed by atoms with Gasteiger partial charge in [-0.05, 0) is 29.9 Å². The van der Waals surface area contributed by atoms with Crippen molar-refractivity contribution in [3.05, 3.63) is 23.3 Å². The predicted molar refractivity (Wildman–Crippen MR) is 84.6 cm³/mol. The first-order valence-corrected chi connectivity index (χ1v) is 7.08. The zero-order valence-electron chi connectivity index (χ0n) is 13.8. The van der Waals surface area contributed by atoms with Crippen LogP contribution in [0, 0.1) is 0 Å². The summed E-state index contributed by atoms with van der Waals surface area (Å²) in [4.78, 5) is 0. The van der Waals surface area contributed by atoms with Crippen molar-refractivity contribution in [3.63, 3.8) is 0 Å². The molecule has 1 N–H and O–H groups in total. The van der Waals surface area contributed by atoms with Crippen LogP contribution in [0.4, 0.5) is 5.69 Å². The fraction of sp³-hybridized carbons (Fsp3) is 0.647. The number of anilines is 1. The second-order valence-corrected chi connectivity index (χ2v) is 7.13. The molecule has 0 saturated carbocycles. The van der Waals surface area contributed by atoms with Gasteiger partial charge in [0.15, 0.2) is 0 Å². The van der Waals surface area contributed by atoms with Crippen molar-refractivity contribution in [2.45, 2.75) is 59.3 Å². The van der Waals surface area contributed by atoms with Crippen LogP contribution in [0.1, 0.15) is 59.6 Å². The van der Waals surface area contributed by atoms with Gasteiger partial charge < -0.3 is 10.1 Å². The summed E-state index contributed by atoms with van der Waals surface area (Å²) in [5.74, 6) is 1.03. The molecule has 0 aliphatic heterocycles. The Balaban J connectivity index is 3.57. The molecule has 0 bridgehead atoms. The van der Waals surface area contributed by atoms with Crippen LogP contribution in [-0.4, -0.2) is 13.7 Å². The Morgan fingerprint density at radius 2 is 1.37 bits per heavy atom. The van der Waals surface area contributed by atoms with Crippen molar-refractivity contribution in [2.24, 2.45) is 0 Å². The molecular weight excluding hydrogens is 234 g/mol. The third-order valence-electron chi connectivity index (χ3n) is 3.29. The normalized spacial score (nSPS) is 12.4. The SMILES string of the molecule is CCNc1cc(C(C)(C)C)c(OC)c(C(C)(C)C)c1. The topological polar surface area (TPSA) is 21.3 Å². The third-order valence-corrected chi connectivity index (χ3v) is 3.29. The molecule has 0 aliphatic carbocycles. The van der Waals surface area contributed by atoms with Gasteiger partial charge in [-0.1, -0.05) is 41.5 Å². The highest BCUT2D eigenvalue weighted by atomic mass is 16.5.